The molecule has 1 atom stereocenters. The molecule has 2 fully saturated rings. The Kier molecular flexibility index (Phi) is 7.25. The summed E-state index contributed by atoms with van der Waals surface area (Å²) in [4.78, 5) is 19.9. The third kappa shape index (κ3) is 5.68. The van der Waals surface area contributed by atoms with Crippen LogP contribution in [0.5, 0.6) is 5.88 Å². The predicted octanol–water partition coefficient (Wildman–Crippen LogP) is 4.71. The predicted molar refractivity (Wildman–Crippen MR) is 149 cm³/mol. The number of hydrogen-bond donors (Lipinski definition) is 1. The van der Waals surface area contributed by atoms with Gasteiger partial charge in [-0.05, 0) is 75.4 Å². The molecule has 0 spiro atoms. The second-order valence-electron chi connectivity index (χ2n) is 11.5. The molecule has 1 aromatic carbocycles. The van der Waals surface area contributed by atoms with Crippen molar-refractivity contribution in [1.82, 2.24) is 19.5 Å². The van der Waals surface area contributed by atoms with Crippen molar-refractivity contribution in [3.05, 3.63) is 59.8 Å². The zero-order valence-corrected chi connectivity index (χ0v) is 24.1. The highest BCUT2D eigenvalue weighted by Crippen LogP contribution is 2.57. The summed E-state index contributed by atoms with van der Waals surface area (Å²) in [5.41, 5.74) is -1.71. The SMILES string of the molecule is C#Cc1ccc(S(=O)(=O)NC(=O)c2ccc(-n3ccc(OCC4(C(F)(F)F)CC4)n3)nc2N2C[C@@H](C)CC2(C)C)cc1. The number of sulfonamides is 1. The van der Waals surface area contributed by atoms with Crippen molar-refractivity contribution in [3.8, 4) is 24.0 Å². The number of carbonyl (C=O) groups is 1. The number of ether oxygens (including phenoxy) is 1. The average molecular weight is 602 g/mol. The van der Waals surface area contributed by atoms with E-state index in [9.17, 15) is 26.4 Å². The Hall–Kier alpha value is -4.05. The molecule has 9 nitrogen and oxygen atoms in total. The fourth-order valence-corrected chi connectivity index (χ4v) is 6.23. The summed E-state index contributed by atoms with van der Waals surface area (Å²) in [6, 6.07) is 9.93. The quantitative estimate of drug-likeness (QED) is 0.373. The molecule has 1 N–H and O–H groups in total. The van der Waals surface area contributed by atoms with Gasteiger partial charge in [0, 0.05) is 29.9 Å². The van der Waals surface area contributed by atoms with Gasteiger partial charge in [0.25, 0.3) is 15.9 Å². The van der Waals surface area contributed by atoms with E-state index in [-0.39, 0.29) is 46.7 Å². The Balaban J connectivity index is 1.44. The number of nitrogens with one attached hydrogen (secondary N) is 1. The molecule has 1 aliphatic carbocycles. The maximum Gasteiger partial charge on any atom is 0.397 e. The lowest BCUT2D eigenvalue weighted by molar-refractivity contribution is -0.194. The van der Waals surface area contributed by atoms with Gasteiger partial charge in [-0.25, -0.2) is 22.8 Å². The van der Waals surface area contributed by atoms with Gasteiger partial charge in [0.15, 0.2) is 5.82 Å². The average Bonchev–Trinajstić information content (AvgIpc) is 3.50. The number of alkyl halides is 3. The normalized spacial score (nSPS) is 19.3. The van der Waals surface area contributed by atoms with E-state index in [1.807, 2.05) is 18.7 Å². The van der Waals surface area contributed by atoms with Crippen molar-refractivity contribution in [3.63, 3.8) is 0 Å². The number of aromatic nitrogens is 3. The van der Waals surface area contributed by atoms with E-state index in [1.54, 1.807) is 0 Å². The van der Waals surface area contributed by atoms with Gasteiger partial charge in [0.2, 0.25) is 5.88 Å². The molecule has 42 heavy (non-hydrogen) atoms. The molecule has 1 aliphatic heterocycles. The highest BCUT2D eigenvalue weighted by Gasteiger charge is 2.64. The fraction of sp³-hybridized carbons (Fsp3) is 0.414. The van der Waals surface area contributed by atoms with E-state index >= 15 is 0 Å². The molecule has 3 aromatic rings. The molecule has 1 saturated heterocycles. The first-order chi connectivity index (χ1) is 19.6. The first-order valence-electron chi connectivity index (χ1n) is 13.3. The van der Waals surface area contributed by atoms with Gasteiger partial charge >= 0.3 is 6.18 Å². The molecule has 13 heteroatoms. The molecule has 2 aromatic heterocycles. The van der Waals surface area contributed by atoms with E-state index < -0.39 is 39.7 Å². The number of hydrogen-bond acceptors (Lipinski definition) is 7. The zero-order valence-electron chi connectivity index (χ0n) is 23.3. The van der Waals surface area contributed by atoms with Crippen LogP contribution in [-0.2, 0) is 10.0 Å². The Morgan fingerprint density at radius 2 is 1.86 bits per heavy atom. The van der Waals surface area contributed by atoms with Crippen LogP contribution in [0.2, 0.25) is 0 Å². The van der Waals surface area contributed by atoms with Crippen molar-refractivity contribution in [2.24, 2.45) is 11.3 Å². The summed E-state index contributed by atoms with van der Waals surface area (Å²) in [7, 11) is -4.22. The van der Waals surface area contributed by atoms with E-state index in [0.717, 1.165) is 6.42 Å². The number of halogens is 3. The van der Waals surface area contributed by atoms with Gasteiger partial charge in [-0.2, -0.15) is 13.2 Å². The van der Waals surface area contributed by atoms with Crippen molar-refractivity contribution in [2.75, 3.05) is 18.1 Å². The molecule has 0 bridgehead atoms. The highest BCUT2D eigenvalue weighted by atomic mass is 32.2. The summed E-state index contributed by atoms with van der Waals surface area (Å²) >= 11 is 0. The first kappa shape index (κ1) is 29.4. The number of anilines is 1. The maximum atomic E-state index is 13.4. The second kappa shape index (κ2) is 10.3. The van der Waals surface area contributed by atoms with Crippen LogP contribution in [0.25, 0.3) is 5.82 Å². The third-order valence-electron chi connectivity index (χ3n) is 7.74. The molecule has 3 heterocycles. The Morgan fingerprint density at radius 3 is 2.43 bits per heavy atom. The Morgan fingerprint density at radius 1 is 1.17 bits per heavy atom. The number of rotatable bonds is 8. The monoisotopic (exact) mass is 601 g/mol. The smallest absolute Gasteiger partial charge is 0.397 e. The van der Waals surface area contributed by atoms with Crippen molar-refractivity contribution in [2.45, 2.75) is 56.6 Å². The molecule has 2 aliphatic rings. The first-order valence-corrected chi connectivity index (χ1v) is 14.8. The van der Waals surface area contributed by atoms with Crippen LogP contribution in [0.15, 0.2) is 53.6 Å². The van der Waals surface area contributed by atoms with E-state index in [1.165, 1.54) is 53.3 Å². The standard InChI is InChI=1S/C29H30F3N5O4S/c1-5-20-6-8-21(9-7-20)42(39,40)35-26(38)22-10-11-23(33-25(22)36-17-19(2)16-27(36,3)4)37-15-12-24(34-37)41-18-28(13-14-28)29(30,31)32/h1,6-12,15,19H,13-14,16-18H2,2-4H3,(H,35,38)/t19-/m0/s1. The van der Waals surface area contributed by atoms with Gasteiger partial charge in [0.1, 0.15) is 17.8 Å². The van der Waals surface area contributed by atoms with Gasteiger partial charge < -0.3 is 9.64 Å². The van der Waals surface area contributed by atoms with E-state index in [0.29, 0.717) is 12.1 Å². The topological polar surface area (TPSA) is 106 Å². The van der Waals surface area contributed by atoms with Gasteiger partial charge in [-0.1, -0.05) is 12.8 Å². The summed E-state index contributed by atoms with van der Waals surface area (Å²) in [6.45, 7) is 6.12. The van der Waals surface area contributed by atoms with Gasteiger partial charge in [-0.3, -0.25) is 4.79 Å². The summed E-state index contributed by atoms with van der Waals surface area (Å²) < 4.78 is 74.7. The molecule has 1 amide bonds. The van der Waals surface area contributed by atoms with Crippen LogP contribution in [0, 0.1) is 23.7 Å². The Labute approximate surface area is 242 Å². The van der Waals surface area contributed by atoms with Crippen LogP contribution in [0.4, 0.5) is 19.0 Å². The number of terminal acetylenes is 1. The number of benzene rings is 1. The third-order valence-corrected chi connectivity index (χ3v) is 9.09. The van der Waals surface area contributed by atoms with Crippen LogP contribution in [-0.4, -0.2) is 54.0 Å². The summed E-state index contributed by atoms with van der Waals surface area (Å²) in [6.07, 6.45) is 3.33. The highest BCUT2D eigenvalue weighted by molar-refractivity contribution is 7.90. The fourth-order valence-electron chi connectivity index (χ4n) is 5.26. The largest absolute Gasteiger partial charge is 0.476 e. The van der Waals surface area contributed by atoms with Crippen LogP contribution in [0.1, 0.15) is 56.0 Å². The maximum absolute atomic E-state index is 13.4. The summed E-state index contributed by atoms with van der Waals surface area (Å²) in [5.74, 6) is 2.35. The van der Waals surface area contributed by atoms with Crippen molar-refractivity contribution >= 4 is 21.7 Å². The second-order valence-corrected chi connectivity index (χ2v) is 13.2. The molecular weight excluding hydrogens is 571 g/mol. The van der Waals surface area contributed by atoms with Gasteiger partial charge in [0.05, 0.1) is 10.5 Å². The molecule has 0 unspecified atom stereocenters. The Bertz CT molecular complexity index is 1660. The van der Waals surface area contributed by atoms with Crippen molar-refractivity contribution < 1.29 is 31.1 Å². The number of nitrogens with zero attached hydrogens (tertiary/aromatic N) is 4. The minimum Gasteiger partial charge on any atom is -0.476 e. The molecule has 5 rings (SSSR count). The van der Waals surface area contributed by atoms with Crippen molar-refractivity contribution in [1.29, 1.82) is 0 Å². The van der Waals surface area contributed by atoms with E-state index in [2.05, 4.69) is 27.6 Å². The van der Waals surface area contributed by atoms with E-state index in [4.69, 9.17) is 11.2 Å². The minimum absolute atomic E-state index is 0.00719. The van der Waals surface area contributed by atoms with Crippen LogP contribution >= 0.6 is 0 Å². The number of pyridine rings is 1. The van der Waals surface area contributed by atoms with Crippen LogP contribution in [0.3, 0.4) is 0 Å². The zero-order chi connectivity index (χ0) is 30.5. The molecule has 0 radical (unpaired) electrons. The lowest BCUT2D eigenvalue weighted by atomic mass is 9.97. The lowest BCUT2D eigenvalue weighted by Gasteiger charge is -2.34. The van der Waals surface area contributed by atoms with Crippen LogP contribution < -0.4 is 14.4 Å². The number of carbonyl (C=O) groups excluding carboxylic acids is 1. The number of amides is 1. The molecular formula is C29H30F3N5O4S. The molecule has 1 saturated carbocycles. The molecule has 222 valence electrons. The lowest BCUT2D eigenvalue weighted by Crippen LogP contribution is -2.41. The summed E-state index contributed by atoms with van der Waals surface area (Å²) in [5, 5.41) is 4.24. The minimum atomic E-state index is -4.35. The van der Waals surface area contributed by atoms with Gasteiger partial charge in [-0.15, -0.1) is 11.5 Å².